The number of rotatable bonds is 6. The Hall–Kier alpha value is -2.19. The largest absolute Gasteiger partial charge is 0.491 e. The molecule has 23 heavy (non-hydrogen) atoms. The monoisotopic (exact) mass is 349 g/mol. The zero-order valence-corrected chi connectivity index (χ0v) is 14.0. The van der Waals surface area contributed by atoms with E-state index in [1.54, 1.807) is 36.4 Å². The van der Waals surface area contributed by atoms with Crippen LogP contribution in [0, 0.1) is 0 Å². The summed E-state index contributed by atoms with van der Waals surface area (Å²) in [6, 6.07) is 11.9. The Morgan fingerprint density at radius 1 is 1.13 bits per heavy atom. The molecular weight excluding hydrogens is 334 g/mol. The molecule has 120 valence electrons. The topological polar surface area (TPSA) is 81.2 Å². The van der Waals surface area contributed by atoms with Crippen LogP contribution in [0.3, 0.4) is 0 Å². The molecule has 3 aromatic rings. The van der Waals surface area contributed by atoms with Crippen molar-refractivity contribution in [1.82, 2.24) is 8.75 Å². The van der Waals surface area contributed by atoms with E-state index in [-0.39, 0.29) is 4.90 Å². The second-order valence-electron chi connectivity index (χ2n) is 4.84. The van der Waals surface area contributed by atoms with Crippen molar-refractivity contribution in [3.63, 3.8) is 0 Å². The summed E-state index contributed by atoms with van der Waals surface area (Å²) in [5, 5.41) is 0. The Morgan fingerprint density at radius 2 is 1.96 bits per heavy atom. The molecule has 0 bridgehead atoms. The fraction of sp³-hybridized carbons (Fsp3) is 0.200. The molecule has 0 spiro atoms. The number of hydrogen-bond acceptors (Lipinski definition) is 6. The first-order valence-electron chi connectivity index (χ1n) is 7.08. The summed E-state index contributed by atoms with van der Waals surface area (Å²) in [7, 11) is -3.78. The average molecular weight is 349 g/mol. The standard InChI is InChI=1S/C15H15N3O3S2/c1-2-10-21-13-8-4-3-6-11(13)18-23(19,20)14-9-5-7-12-15(14)17-22-16-12/h3-9,18H,2,10H2,1H3. The third-order valence-corrected chi connectivity index (χ3v) is 5.07. The predicted octanol–water partition coefficient (Wildman–Crippen LogP) is 3.28. The van der Waals surface area contributed by atoms with Gasteiger partial charge < -0.3 is 4.74 Å². The zero-order valence-electron chi connectivity index (χ0n) is 12.4. The van der Waals surface area contributed by atoms with Crippen molar-refractivity contribution in [2.24, 2.45) is 0 Å². The second-order valence-corrected chi connectivity index (χ2v) is 7.02. The minimum absolute atomic E-state index is 0.106. The Bertz CT molecular complexity index is 922. The van der Waals surface area contributed by atoms with E-state index in [0.29, 0.717) is 29.1 Å². The number of fused-ring (bicyclic) bond motifs is 1. The van der Waals surface area contributed by atoms with Gasteiger partial charge in [-0.25, -0.2) is 8.42 Å². The summed E-state index contributed by atoms with van der Waals surface area (Å²) in [4.78, 5) is 0.106. The molecule has 1 N–H and O–H groups in total. The van der Waals surface area contributed by atoms with Crippen molar-refractivity contribution < 1.29 is 13.2 Å². The number of aromatic nitrogens is 2. The molecule has 0 saturated heterocycles. The van der Waals surface area contributed by atoms with Crippen LogP contribution in [0.15, 0.2) is 47.4 Å². The molecule has 2 aromatic carbocycles. The van der Waals surface area contributed by atoms with Gasteiger partial charge in [-0.05, 0) is 30.7 Å². The van der Waals surface area contributed by atoms with Crippen molar-refractivity contribution in [3.8, 4) is 5.75 Å². The zero-order chi connectivity index (χ0) is 16.3. The third-order valence-electron chi connectivity index (χ3n) is 3.13. The van der Waals surface area contributed by atoms with Gasteiger partial charge in [0.15, 0.2) is 0 Å². The smallest absolute Gasteiger partial charge is 0.264 e. The molecule has 1 heterocycles. The first kappa shape index (κ1) is 15.7. The number of anilines is 1. The van der Waals surface area contributed by atoms with E-state index < -0.39 is 10.0 Å². The van der Waals surface area contributed by atoms with Crippen molar-refractivity contribution in [2.45, 2.75) is 18.2 Å². The van der Waals surface area contributed by atoms with Crippen molar-refractivity contribution in [1.29, 1.82) is 0 Å². The molecule has 8 heteroatoms. The summed E-state index contributed by atoms with van der Waals surface area (Å²) >= 11 is 0.987. The van der Waals surface area contributed by atoms with Crippen LogP contribution < -0.4 is 9.46 Å². The molecule has 0 aliphatic heterocycles. The van der Waals surface area contributed by atoms with Crippen LogP contribution >= 0.6 is 11.7 Å². The number of nitrogens with zero attached hydrogens (tertiary/aromatic N) is 2. The highest BCUT2D eigenvalue weighted by molar-refractivity contribution is 7.93. The first-order valence-corrected chi connectivity index (χ1v) is 9.29. The molecule has 0 aliphatic carbocycles. The predicted molar refractivity (Wildman–Crippen MR) is 90.5 cm³/mol. The minimum atomic E-state index is -3.78. The van der Waals surface area contributed by atoms with Gasteiger partial charge in [-0.2, -0.15) is 8.75 Å². The fourth-order valence-corrected chi connectivity index (χ4v) is 3.92. The molecule has 0 saturated carbocycles. The number of benzene rings is 2. The van der Waals surface area contributed by atoms with E-state index in [0.717, 1.165) is 18.1 Å². The van der Waals surface area contributed by atoms with Crippen LogP contribution in [0.25, 0.3) is 11.0 Å². The van der Waals surface area contributed by atoms with Crippen LogP contribution in [0.1, 0.15) is 13.3 Å². The van der Waals surface area contributed by atoms with Crippen molar-refractivity contribution in [3.05, 3.63) is 42.5 Å². The normalized spacial score (nSPS) is 11.5. The summed E-state index contributed by atoms with van der Waals surface area (Å²) in [5.41, 5.74) is 1.34. The van der Waals surface area contributed by atoms with Crippen LogP contribution in [0.4, 0.5) is 5.69 Å². The number of nitrogens with one attached hydrogen (secondary N) is 1. The van der Waals surface area contributed by atoms with E-state index in [1.165, 1.54) is 6.07 Å². The SMILES string of the molecule is CCCOc1ccccc1NS(=O)(=O)c1cccc2nsnc12. The maximum atomic E-state index is 12.7. The van der Waals surface area contributed by atoms with Crippen LogP contribution in [0.2, 0.25) is 0 Å². The Kier molecular flexibility index (Phi) is 4.44. The summed E-state index contributed by atoms with van der Waals surface area (Å²) in [6.07, 6.45) is 0.838. The van der Waals surface area contributed by atoms with E-state index >= 15 is 0 Å². The van der Waals surface area contributed by atoms with Crippen LogP contribution in [-0.4, -0.2) is 23.8 Å². The molecule has 0 fully saturated rings. The number of ether oxygens (including phenoxy) is 1. The van der Waals surface area contributed by atoms with Gasteiger partial charge in [0.2, 0.25) is 0 Å². The fourth-order valence-electron chi connectivity index (χ4n) is 2.09. The Balaban J connectivity index is 1.97. The Morgan fingerprint density at radius 3 is 2.78 bits per heavy atom. The highest BCUT2D eigenvalue weighted by atomic mass is 32.2. The van der Waals surface area contributed by atoms with Gasteiger partial charge in [-0.1, -0.05) is 25.1 Å². The van der Waals surface area contributed by atoms with Gasteiger partial charge in [0.1, 0.15) is 21.7 Å². The van der Waals surface area contributed by atoms with Crippen molar-refractivity contribution >= 4 is 38.5 Å². The van der Waals surface area contributed by atoms with Gasteiger partial charge in [0.25, 0.3) is 10.0 Å². The van der Waals surface area contributed by atoms with Crippen molar-refractivity contribution in [2.75, 3.05) is 11.3 Å². The Labute approximate surface area is 138 Å². The molecule has 0 aliphatic rings. The van der Waals surface area contributed by atoms with Crippen LogP contribution in [0.5, 0.6) is 5.75 Å². The van der Waals surface area contributed by atoms with Gasteiger partial charge in [0, 0.05) is 0 Å². The third kappa shape index (κ3) is 3.27. The molecule has 6 nitrogen and oxygen atoms in total. The van der Waals surface area contributed by atoms with E-state index in [1.807, 2.05) is 6.92 Å². The number of sulfonamides is 1. The first-order chi connectivity index (χ1) is 11.1. The van der Waals surface area contributed by atoms with Gasteiger partial charge in [-0.15, -0.1) is 0 Å². The lowest BCUT2D eigenvalue weighted by Crippen LogP contribution is -2.14. The maximum Gasteiger partial charge on any atom is 0.264 e. The van der Waals surface area contributed by atoms with Gasteiger partial charge in [0.05, 0.1) is 24.0 Å². The molecule has 0 radical (unpaired) electrons. The maximum absolute atomic E-state index is 12.7. The lowest BCUT2D eigenvalue weighted by molar-refractivity contribution is 0.319. The molecular formula is C15H15N3O3S2. The molecule has 0 amide bonds. The summed E-state index contributed by atoms with van der Waals surface area (Å²) in [6.45, 7) is 2.51. The highest BCUT2D eigenvalue weighted by Gasteiger charge is 2.21. The number of para-hydroxylation sites is 2. The lowest BCUT2D eigenvalue weighted by Gasteiger charge is -2.13. The van der Waals surface area contributed by atoms with E-state index in [2.05, 4.69) is 13.5 Å². The van der Waals surface area contributed by atoms with Gasteiger partial charge >= 0.3 is 0 Å². The number of hydrogen-bond donors (Lipinski definition) is 1. The highest BCUT2D eigenvalue weighted by Crippen LogP contribution is 2.28. The minimum Gasteiger partial charge on any atom is -0.491 e. The average Bonchev–Trinajstić information content (AvgIpc) is 3.02. The van der Waals surface area contributed by atoms with E-state index in [4.69, 9.17) is 4.74 Å². The van der Waals surface area contributed by atoms with Gasteiger partial charge in [-0.3, -0.25) is 4.72 Å². The molecule has 3 rings (SSSR count). The van der Waals surface area contributed by atoms with Crippen LogP contribution in [-0.2, 0) is 10.0 Å². The second kappa shape index (κ2) is 6.51. The summed E-state index contributed by atoms with van der Waals surface area (Å²) < 4.78 is 41.7. The lowest BCUT2D eigenvalue weighted by atomic mass is 10.3. The van der Waals surface area contributed by atoms with E-state index in [9.17, 15) is 8.42 Å². The molecule has 0 unspecified atom stereocenters. The quantitative estimate of drug-likeness (QED) is 0.738. The molecule has 0 atom stereocenters. The molecule has 1 aromatic heterocycles. The summed E-state index contributed by atoms with van der Waals surface area (Å²) in [5.74, 6) is 0.501.